The summed E-state index contributed by atoms with van der Waals surface area (Å²) in [5, 5.41) is 2.89. The van der Waals surface area contributed by atoms with Crippen LogP contribution >= 0.6 is 0 Å². The average Bonchev–Trinajstić information content (AvgIpc) is 2.35. The van der Waals surface area contributed by atoms with Gasteiger partial charge in [0.2, 0.25) is 5.91 Å². The third-order valence-corrected chi connectivity index (χ3v) is 3.12. The molecule has 0 aliphatic heterocycles. The van der Waals surface area contributed by atoms with Gasteiger partial charge in [-0.25, -0.2) is 0 Å². The monoisotopic (exact) mass is 265 g/mol. The van der Waals surface area contributed by atoms with Crippen LogP contribution in [0.3, 0.4) is 0 Å². The Morgan fingerprint density at radius 2 is 2.16 bits per heavy atom. The molecule has 0 saturated carbocycles. The van der Waals surface area contributed by atoms with Crippen molar-refractivity contribution in [2.75, 3.05) is 0 Å². The highest BCUT2D eigenvalue weighted by atomic mass is 16.2. The maximum absolute atomic E-state index is 12.1. The molecule has 1 atom stereocenters. The number of carbonyl (C=O) groups is 1. The Hall–Kier alpha value is -1.62. The van der Waals surface area contributed by atoms with Gasteiger partial charge in [-0.2, -0.15) is 0 Å². The first-order valence-corrected chi connectivity index (χ1v) is 6.68. The summed E-state index contributed by atoms with van der Waals surface area (Å²) >= 11 is 0. The molecule has 3 N–H and O–H groups in total. The van der Waals surface area contributed by atoms with E-state index in [1.807, 2.05) is 19.9 Å². The van der Waals surface area contributed by atoms with Crippen molar-refractivity contribution in [1.29, 1.82) is 0 Å². The molecule has 0 aromatic carbocycles. The van der Waals surface area contributed by atoms with Crippen LogP contribution < -0.4 is 16.6 Å². The van der Waals surface area contributed by atoms with Gasteiger partial charge in [0.05, 0.1) is 0 Å². The lowest BCUT2D eigenvalue weighted by molar-refractivity contribution is -0.122. The molecule has 0 bridgehead atoms. The van der Waals surface area contributed by atoms with Crippen LogP contribution in [0.15, 0.2) is 16.9 Å². The highest BCUT2D eigenvalue weighted by molar-refractivity contribution is 5.76. The highest BCUT2D eigenvalue weighted by Crippen LogP contribution is 1.99. The highest BCUT2D eigenvalue weighted by Gasteiger charge is 2.11. The molecule has 0 aliphatic carbocycles. The smallest absolute Gasteiger partial charge is 0.255 e. The normalized spacial score (nSPS) is 12.2. The van der Waals surface area contributed by atoms with Gasteiger partial charge in [-0.3, -0.25) is 9.59 Å². The van der Waals surface area contributed by atoms with Crippen LogP contribution in [-0.2, 0) is 17.9 Å². The van der Waals surface area contributed by atoms with E-state index in [0.717, 1.165) is 18.5 Å². The van der Waals surface area contributed by atoms with Gasteiger partial charge >= 0.3 is 0 Å². The van der Waals surface area contributed by atoms with Crippen LogP contribution in [0.5, 0.6) is 0 Å². The molecule has 1 unspecified atom stereocenters. The van der Waals surface area contributed by atoms with Crippen LogP contribution in [0.1, 0.15) is 37.9 Å². The van der Waals surface area contributed by atoms with E-state index < -0.39 is 0 Å². The lowest BCUT2D eigenvalue weighted by atomic mass is 10.2. The maximum atomic E-state index is 12.1. The molecular formula is C14H23N3O2. The van der Waals surface area contributed by atoms with E-state index in [0.29, 0.717) is 5.56 Å². The van der Waals surface area contributed by atoms with E-state index in [-0.39, 0.29) is 30.6 Å². The summed E-state index contributed by atoms with van der Waals surface area (Å²) in [6, 6.07) is 3.66. The molecule has 1 amide bonds. The number of aryl methyl sites for hydroxylation is 1. The van der Waals surface area contributed by atoms with Crippen LogP contribution in [0, 0.1) is 6.92 Å². The minimum Gasteiger partial charge on any atom is -0.352 e. The first-order valence-electron chi connectivity index (χ1n) is 6.68. The molecule has 5 nitrogen and oxygen atoms in total. The number of aromatic nitrogens is 1. The second kappa shape index (κ2) is 7.09. The molecule has 1 aromatic rings. The van der Waals surface area contributed by atoms with Crippen molar-refractivity contribution in [1.82, 2.24) is 9.88 Å². The van der Waals surface area contributed by atoms with Gasteiger partial charge in [-0.15, -0.1) is 0 Å². The minimum absolute atomic E-state index is 0.0482. The number of amides is 1. The third-order valence-electron chi connectivity index (χ3n) is 3.12. The molecule has 0 saturated heterocycles. The van der Waals surface area contributed by atoms with Gasteiger partial charge in [0.25, 0.3) is 5.56 Å². The van der Waals surface area contributed by atoms with Crippen molar-refractivity contribution in [2.24, 2.45) is 5.73 Å². The average molecular weight is 265 g/mol. The summed E-state index contributed by atoms with van der Waals surface area (Å²) in [4.78, 5) is 24.0. The van der Waals surface area contributed by atoms with E-state index in [4.69, 9.17) is 5.73 Å². The molecule has 0 aliphatic rings. The first kappa shape index (κ1) is 15.4. The number of carbonyl (C=O) groups excluding carboxylic acids is 1. The van der Waals surface area contributed by atoms with E-state index in [2.05, 4.69) is 12.2 Å². The van der Waals surface area contributed by atoms with E-state index in [9.17, 15) is 9.59 Å². The van der Waals surface area contributed by atoms with Crippen molar-refractivity contribution in [3.63, 3.8) is 0 Å². The van der Waals surface area contributed by atoms with Crippen LogP contribution in [-0.4, -0.2) is 16.5 Å². The zero-order valence-electron chi connectivity index (χ0n) is 11.9. The lowest BCUT2D eigenvalue weighted by Gasteiger charge is -2.15. The second-order valence-corrected chi connectivity index (χ2v) is 4.85. The number of pyridine rings is 1. The zero-order chi connectivity index (χ0) is 14.4. The van der Waals surface area contributed by atoms with Gasteiger partial charge in [0, 0.05) is 23.8 Å². The molecule has 106 valence electrons. The van der Waals surface area contributed by atoms with Gasteiger partial charge in [-0.1, -0.05) is 19.4 Å². The number of nitrogens with zero attached hydrogens (tertiary/aromatic N) is 1. The van der Waals surface area contributed by atoms with Gasteiger partial charge in [0.15, 0.2) is 0 Å². The number of hydrogen-bond donors (Lipinski definition) is 2. The Labute approximate surface area is 113 Å². The van der Waals surface area contributed by atoms with E-state index >= 15 is 0 Å². The molecule has 0 radical (unpaired) electrons. The summed E-state index contributed by atoms with van der Waals surface area (Å²) < 4.78 is 1.47. The standard InChI is InChI=1S/C14H23N3O2/c1-4-5-10(2)16-13(18)9-17-11(3)6-7-12(8-15)14(17)19/h6-7,10H,4-5,8-9,15H2,1-3H3,(H,16,18). The molecule has 1 rings (SSSR count). The van der Waals surface area contributed by atoms with Crippen molar-refractivity contribution >= 4 is 5.91 Å². The largest absolute Gasteiger partial charge is 0.352 e. The van der Waals surface area contributed by atoms with Crippen molar-refractivity contribution in [3.8, 4) is 0 Å². The van der Waals surface area contributed by atoms with Gasteiger partial charge < -0.3 is 15.6 Å². The summed E-state index contributed by atoms with van der Waals surface area (Å²) in [5.41, 5.74) is 6.62. The number of nitrogens with two attached hydrogens (primary N) is 1. The Morgan fingerprint density at radius 3 is 2.74 bits per heavy atom. The Kier molecular flexibility index (Phi) is 5.76. The second-order valence-electron chi connectivity index (χ2n) is 4.85. The first-order chi connectivity index (χ1) is 8.99. The number of hydrogen-bond acceptors (Lipinski definition) is 3. The Bertz CT molecular complexity index is 494. The van der Waals surface area contributed by atoms with Crippen molar-refractivity contribution in [2.45, 2.75) is 52.7 Å². The Morgan fingerprint density at radius 1 is 1.47 bits per heavy atom. The van der Waals surface area contributed by atoms with Crippen LogP contribution in [0.25, 0.3) is 0 Å². The molecule has 1 heterocycles. The van der Waals surface area contributed by atoms with Crippen LogP contribution in [0.2, 0.25) is 0 Å². The molecule has 19 heavy (non-hydrogen) atoms. The quantitative estimate of drug-likeness (QED) is 0.803. The summed E-state index contributed by atoms with van der Waals surface area (Å²) in [6.45, 7) is 6.08. The minimum atomic E-state index is -0.180. The number of nitrogens with one attached hydrogen (secondary N) is 1. The van der Waals surface area contributed by atoms with E-state index in [1.54, 1.807) is 6.07 Å². The number of rotatable bonds is 6. The molecule has 0 spiro atoms. The van der Waals surface area contributed by atoms with Crippen molar-refractivity contribution < 1.29 is 4.79 Å². The predicted octanol–water partition coefficient (Wildman–Crippen LogP) is 0.920. The zero-order valence-corrected chi connectivity index (χ0v) is 11.9. The predicted molar refractivity (Wildman–Crippen MR) is 75.8 cm³/mol. The fraction of sp³-hybridized carbons (Fsp3) is 0.571. The van der Waals surface area contributed by atoms with Gasteiger partial charge in [-0.05, 0) is 26.3 Å². The van der Waals surface area contributed by atoms with Crippen LogP contribution in [0.4, 0.5) is 0 Å². The Balaban J connectivity index is 2.82. The fourth-order valence-electron chi connectivity index (χ4n) is 2.04. The topological polar surface area (TPSA) is 77.1 Å². The van der Waals surface area contributed by atoms with Crippen molar-refractivity contribution in [3.05, 3.63) is 33.7 Å². The van der Waals surface area contributed by atoms with E-state index in [1.165, 1.54) is 4.57 Å². The third kappa shape index (κ3) is 4.21. The van der Waals surface area contributed by atoms with Gasteiger partial charge in [0.1, 0.15) is 6.54 Å². The summed E-state index contributed by atoms with van der Waals surface area (Å²) in [7, 11) is 0. The molecule has 0 fully saturated rings. The SMILES string of the molecule is CCCC(C)NC(=O)Cn1c(C)ccc(CN)c1=O. The fourth-order valence-corrected chi connectivity index (χ4v) is 2.04. The molecular weight excluding hydrogens is 242 g/mol. The molecule has 5 heteroatoms. The molecule has 1 aromatic heterocycles. The maximum Gasteiger partial charge on any atom is 0.255 e. The lowest BCUT2D eigenvalue weighted by Crippen LogP contribution is -2.38. The summed E-state index contributed by atoms with van der Waals surface area (Å²) in [5.74, 6) is -0.139. The summed E-state index contributed by atoms with van der Waals surface area (Å²) in [6.07, 6.45) is 1.95.